The van der Waals surface area contributed by atoms with Gasteiger partial charge in [0.15, 0.2) is 6.29 Å². The summed E-state index contributed by atoms with van der Waals surface area (Å²) in [5.74, 6) is 0. The average Bonchev–Trinajstić information content (AvgIpc) is 2.30. The van der Waals surface area contributed by atoms with E-state index in [1.54, 1.807) is 0 Å². The molecule has 0 unspecified atom stereocenters. The van der Waals surface area contributed by atoms with Gasteiger partial charge in [0.05, 0.1) is 13.2 Å². The third kappa shape index (κ3) is 1.92. The lowest BCUT2D eigenvalue weighted by atomic mass is 10.2. The minimum absolute atomic E-state index is 0.316. The van der Waals surface area contributed by atoms with Gasteiger partial charge in [-0.05, 0) is 0 Å². The summed E-state index contributed by atoms with van der Waals surface area (Å²) in [6, 6.07) is 9.67. The SMILES string of the molecule is ON=C1COC(c2ccccc2)OC1. The van der Waals surface area contributed by atoms with E-state index in [0.29, 0.717) is 18.9 Å². The number of ether oxygens (including phenoxy) is 2. The summed E-state index contributed by atoms with van der Waals surface area (Å²) in [7, 11) is 0. The van der Waals surface area contributed by atoms with Crippen molar-refractivity contribution >= 4 is 5.71 Å². The molecule has 4 heteroatoms. The van der Waals surface area contributed by atoms with Crippen LogP contribution in [0.2, 0.25) is 0 Å². The maximum atomic E-state index is 8.48. The molecule has 1 aliphatic rings. The molecule has 0 bridgehead atoms. The maximum absolute atomic E-state index is 8.48. The van der Waals surface area contributed by atoms with Crippen molar-refractivity contribution < 1.29 is 14.7 Å². The molecule has 1 fully saturated rings. The first-order chi connectivity index (χ1) is 6.90. The molecule has 4 nitrogen and oxygen atoms in total. The lowest BCUT2D eigenvalue weighted by Crippen LogP contribution is -2.27. The highest BCUT2D eigenvalue weighted by Gasteiger charge is 2.19. The third-order valence-electron chi connectivity index (χ3n) is 2.02. The summed E-state index contributed by atoms with van der Waals surface area (Å²) in [5.41, 5.74) is 1.49. The fourth-order valence-corrected chi connectivity index (χ4v) is 1.29. The summed E-state index contributed by atoms with van der Waals surface area (Å²) in [6.07, 6.45) is -0.346. The predicted molar refractivity (Wildman–Crippen MR) is 50.3 cm³/mol. The van der Waals surface area contributed by atoms with Gasteiger partial charge in [-0.3, -0.25) is 0 Å². The number of benzene rings is 1. The Labute approximate surface area is 81.8 Å². The molecule has 0 amide bonds. The van der Waals surface area contributed by atoms with Gasteiger partial charge in [0.25, 0.3) is 0 Å². The zero-order valence-electron chi connectivity index (χ0n) is 7.59. The summed E-state index contributed by atoms with van der Waals surface area (Å²) in [5, 5.41) is 11.5. The first-order valence-corrected chi connectivity index (χ1v) is 4.38. The van der Waals surface area contributed by atoms with Gasteiger partial charge >= 0.3 is 0 Å². The molecule has 0 saturated carbocycles. The summed E-state index contributed by atoms with van der Waals surface area (Å²) >= 11 is 0. The van der Waals surface area contributed by atoms with Crippen LogP contribution < -0.4 is 0 Å². The van der Waals surface area contributed by atoms with Gasteiger partial charge in [-0.2, -0.15) is 0 Å². The number of nitrogens with zero attached hydrogens (tertiary/aromatic N) is 1. The zero-order valence-corrected chi connectivity index (χ0v) is 7.59. The van der Waals surface area contributed by atoms with Crippen molar-refractivity contribution in [2.75, 3.05) is 13.2 Å². The number of oxime groups is 1. The Balaban J connectivity index is 2.03. The molecular weight excluding hydrogens is 182 g/mol. The van der Waals surface area contributed by atoms with Crippen molar-refractivity contribution in [3.05, 3.63) is 35.9 Å². The van der Waals surface area contributed by atoms with Crippen LogP contribution in [-0.4, -0.2) is 24.1 Å². The van der Waals surface area contributed by atoms with E-state index >= 15 is 0 Å². The Morgan fingerprint density at radius 3 is 2.36 bits per heavy atom. The molecular formula is C10H11NO3. The highest BCUT2D eigenvalue weighted by molar-refractivity contribution is 5.86. The molecule has 0 radical (unpaired) electrons. The van der Waals surface area contributed by atoms with E-state index in [1.165, 1.54) is 0 Å². The van der Waals surface area contributed by atoms with Crippen LogP contribution in [0.3, 0.4) is 0 Å². The van der Waals surface area contributed by atoms with Gasteiger partial charge in [-0.15, -0.1) is 0 Å². The summed E-state index contributed by atoms with van der Waals surface area (Å²) in [4.78, 5) is 0. The van der Waals surface area contributed by atoms with Crippen LogP contribution in [0.4, 0.5) is 0 Å². The van der Waals surface area contributed by atoms with Crippen LogP contribution in [-0.2, 0) is 9.47 Å². The van der Waals surface area contributed by atoms with Crippen LogP contribution in [0.25, 0.3) is 0 Å². The van der Waals surface area contributed by atoms with Gasteiger partial charge in [0.2, 0.25) is 0 Å². The zero-order chi connectivity index (χ0) is 9.80. The smallest absolute Gasteiger partial charge is 0.184 e. The first kappa shape index (κ1) is 9.18. The number of hydrogen-bond donors (Lipinski definition) is 1. The number of rotatable bonds is 1. The Morgan fingerprint density at radius 2 is 1.79 bits per heavy atom. The van der Waals surface area contributed by atoms with E-state index in [0.717, 1.165) is 5.56 Å². The van der Waals surface area contributed by atoms with Crippen molar-refractivity contribution in [1.29, 1.82) is 0 Å². The Hall–Kier alpha value is -1.39. The summed E-state index contributed by atoms with van der Waals surface area (Å²) in [6.45, 7) is 0.631. The molecule has 1 heterocycles. The highest BCUT2D eigenvalue weighted by atomic mass is 16.7. The standard InChI is InChI=1S/C10H11NO3/c12-11-9-6-13-10(14-7-9)8-4-2-1-3-5-8/h1-5,10,12H,6-7H2. The fraction of sp³-hybridized carbons (Fsp3) is 0.300. The van der Waals surface area contributed by atoms with E-state index in [1.807, 2.05) is 30.3 Å². The quantitative estimate of drug-likeness (QED) is 0.544. The average molecular weight is 193 g/mol. The molecule has 1 aliphatic heterocycles. The van der Waals surface area contributed by atoms with Crippen LogP contribution in [0.15, 0.2) is 35.5 Å². The summed E-state index contributed by atoms with van der Waals surface area (Å²) < 4.78 is 10.7. The molecule has 14 heavy (non-hydrogen) atoms. The highest BCUT2D eigenvalue weighted by Crippen LogP contribution is 2.21. The molecule has 1 aromatic carbocycles. The Bertz CT molecular complexity index is 313. The predicted octanol–water partition coefficient (Wildman–Crippen LogP) is 1.56. The van der Waals surface area contributed by atoms with E-state index in [4.69, 9.17) is 14.7 Å². The fourth-order valence-electron chi connectivity index (χ4n) is 1.29. The lowest BCUT2D eigenvalue weighted by molar-refractivity contribution is -0.144. The second kappa shape index (κ2) is 4.21. The van der Waals surface area contributed by atoms with E-state index in [2.05, 4.69) is 5.16 Å². The van der Waals surface area contributed by atoms with E-state index in [9.17, 15) is 0 Å². The van der Waals surface area contributed by atoms with Crippen molar-refractivity contribution in [1.82, 2.24) is 0 Å². The second-order valence-electron chi connectivity index (χ2n) is 3.03. The molecule has 2 rings (SSSR count). The molecule has 0 atom stereocenters. The van der Waals surface area contributed by atoms with E-state index in [-0.39, 0.29) is 6.29 Å². The minimum atomic E-state index is -0.346. The molecule has 1 saturated heterocycles. The largest absolute Gasteiger partial charge is 0.411 e. The van der Waals surface area contributed by atoms with Crippen LogP contribution >= 0.6 is 0 Å². The second-order valence-corrected chi connectivity index (χ2v) is 3.03. The Kier molecular flexibility index (Phi) is 2.76. The van der Waals surface area contributed by atoms with Crippen molar-refractivity contribution in [3.8, 4) is 0 Å². The van der Waals surface area contributed by atoms with Crippen LogP contribution in [0, 0.1) is 0 Å². The molecule has 0 aromatic heterocycles. The van der Waals surface area contributed by atoms with Gasteiger partial charge in [0.1, 0.15) is 5.71 Å². The lowest BCUT2D eigenvalue weighted by Gasteiger charge is -2.23. The maximum Gasteiger partial charge on any atom is 0.184 e. The topological polar surface area (TPSA) is 51.1 Å². The first-order valence-electron chi connectivity index (χ1n) is 4.38. The van der Waals surface area contributed by atoms with Gasteiger partial charge in [-0.25, -0.2) is 0 Å². The van der Waals surface area contributed by atoms with Crippen LogP contribution in [0.5, 0.6) is 0 Å². The molecule has 0 aliphatic carbocycles. The van der Waals surface area contributed by atoms with Gasteiger partial charge in [0, 0.05) is 5.56 Å². The Morgan fingerprint density at radius 1 is 1.14 bits per heavy atom. The molecule has 0 spiro atoms. The van der Waals surface area contributed by atoms with Gasteiger partial charge in [-0.1, -0.05) is 35.5 Å². The molecule has 74 valence electrons. The van der Waals surface area contributed by atoms with Crippen LogP contribution in [0.1, 0.15) is 11.9 Å². The monoisotopic (exact) mass is 193 g/mol. The third-order valence-corrected chi connectivity index (χ3v) is 2.02. The van der Waals surface area contributed by atoms with Crippen molar-refractivity contribution in [3.63, 3.8) is 0 Å². The number of hydrogen-bond acceptors (Lipinski definition) is 4. The minimum Gasteiger partial charge on any atom is -0.411 e. The van der Waals surface area contributed by atoms with Crippen molar-refractivity contribution in [2.24, 2.45) is 5.16 Å². The van der Waals surface area contributed by atoms with E-state index < -0.39 is 0 Å². The normalized spacial score (nSPS) is 22.0. The molecule has 1 aromatic rings. The molecule has 1 N–H and O–H groups in total. The van der Waals surface area contributed by atoms with Gasteiger partial charge < -0.3 is 14.7 Å². The van der Waals surface area contributed by atoms with Crippen molar-refractivity contribution in [2.45, 2.75) is 6.29 Å².